The van der Waals surface area contributed by atoms with E-state index in [0.29, 0.717) is 0 Å². The maximum absolute atomic E-state index is 2.41. The van der Waals surface area contributed by atoms with Crippen molar-refractivity contribution in [2.45, 2.75) is 83.1 Å². The monoisotopic (exact) mass is 654 g/mol. The average Bonchev–Trinajstić information content (AvgIpc) is 3.02. The summed E-state index contributed by atoms with van der Waals surface area (Å²) < 4.78 is 0. The van der Waals surface area contributed by atoms with E-state index >= 15 is 0 Å². The van der Waals surface area contributed by atoms with Crippen LogP contribution in [0.4, 0.5) is 0 Å². The second kappa shape index (κ2) is 13.9. The molecule has 0 amide bonds. The van der Waals surface area contributed by atoms with Crippen LogP contribution in [-0.4, -0.2) is 23.3 Å². The zero-order valence-electron chi connectivity index (χ0n) is 32.3. The number of hydrogen-bond acceptors (Lipinski definition) is 2. The SMILES string of the molecule is Cc1cc(C)c(B(c2c(C)cc(C)cc2C)N2C=CC(=C3C=CN(B(c4c(C)cc(C)cc4C)c4c(C)cc(C)cc4C)C=C3)C=C2)c(C)c1. The Kier molecular flexibility index (Phi) is 9.78. The number of benzene rings is 4. The van der Waals surface area contributed by atoms with Crippen LogP contribution in [0.1, 0.15) is 66.8 Å². The van der Waals surface area contributed by atoms with E-state index in [4.69, 9.17) is 0 Å². The zero-order chi connectivity index (χ0) is 36.0. The fourth-order valence-corrected chi connectivity index (χ4v) is 8.98. The predicted octanol–water partition coefficient (Wildman–Crippen LogP) is 8.28. The van der Waals surface area contributed by atoms with Crippen LogP contribution >= 0.6 is 0 Å². The molecule has 0 aliphatic carbocycles. The molecule has 4 aromatic carbocycles. The number of rotatable bonds is 6. The number of allylic oxidation sites excluding steroid dienone is 6. The second-order valence-electron chi connectivity index (χ2n) is 15.1. The van der Waals surface area contributed by atoms with Gasteiger partial charge in [0.25, 0.3) is 0 Å². The predicted molar refractivity (Wildman–Crippen MR) is 220 cm³/mol. The van der Waals surface area contributed by atoms with Crippen LogP contribution in [0.2, 0.25) is 0 Å². The van der Waals surface area contributed by atoms with E-state index in [1.165, 1.54) is 99.8 Å². The molecule has 2 heterocycles. The van der Waals surface area contributed by atoms with Crippen molar-refractivity contribution in [2.75, 3.05) is 0 Å². The number of aryl methyl sites for hydroxylation is 12. The second-order valence-corrected chi connectivity index (χ2v) is 15.1. The van der Waals surface area contributed by atoms with Crippen LogP contribution in [0.3, 0.4) is 0 Å². The Morgan fingerprint density at radius 1 is 0.300 bits per heavy atom. The summed E-state index contributed by atoms with van der Waals surface area (Å²) in [7, 11) is 0. The van der Waals surface area contributed by atoms with Crippen LogP contribution < -0.4 is 21.9 Å². The molecular weight excluding hydrogens is 602 g/mol. The minimum Gasteiger partial charge on any atom is -0.389 e. The number of nitrogens with zero attached hydrogens (tertiary/aromatic N) is 2. The quantitative estimate of drug-likeness (QED) is 0.193. The van der Waals surface area contributed by atoms with Gasteiger partial charge < -0.3 is 9.62 Å². The van der Waals surface area contributed by atoms with Gasteiger partial charge in [-0.1, -0.05) is 115 Å². The van der Waals surface area contributed by atoms with E-state index in [0.717, 1.165) is 0 Å². The third-order valence-corrected chi connectivity index (χ3v) is 10.7. The highest BCUT2D eigenvalue weighted by Crippen LogP contribution is 2.24. The molecule has 0 saturated carbocycles. The summed E-state index contributed by atoms with van der Waals surface area (Å²) in [5.41, 5.74) is 23.9. The van der Waals surface area contributed by atoms with Crippen LogP contribution in [-0.2, 0) is 0 Å². The largest absolute Gasteiger partial charge is 0.389 e. The van der Waals surface area contributed by atoms with Crippen LogP contribution in [0, 0.1) is 83.1 Å². The van der Waals surface area contributed by atoms with Gasteiger partial charge in [-0.3, -0.25) is 0 Å². The van der Waals surface area contributed by atoms with Gasteiger partial charge in [0, 0.05) is 0 Å². The molecule has 6 rings (SSSR count). The summed E-state index contributed by atoms with van der Waals surface area (Å²) in [5, 5.41) is 0. The van der Waals surface area contributed by atoms with Gasteiger partial charge >= 0.3 is 13.7 Å². The topological polar surface area (TPSA) is 6.48 Å². The highest BCUT2D eigenvalue weighted by Gasteiger charge is 2.33. The Labute approximate surface area is 302 Å². The molecule has 50 heavy (non-hydrogen) atoms. The van der Waals surface area contributed by atoms with Crippen molar-refractivity contribution in [3.05, 3.63) is 176 Å². The molecule has 0 spiro atoms. The molecular formula is C46H52B2N2. The molecule has 252 valence electrons. The molecule has 0 aromatic heterocycles. The Morgan fingerprint density at radius 3 is 0.660 bits per heavy atom. The van der Waals surface area contributed by atoms with Crippen molar-refractivity contribution in [2.24, 2.45) is 0 Å². The summed E-state index contributed by atoms with van der Waals surface area (Å²) >= 11 is 0. The first kappa shape index (κ1) is 35.1. The normalized spacial score (nSPS) is 13.9. The summed E-state index contributed by atoms with van der Waals surface area (Å²) in [5.74, 6) is 0. The van der Waals surface area contributed by atoms with Crippen LogP contribution in [0.25, 0.3) is 0 Å². The molecule has 4 aromatic rings. The fraction of sp³-hybridized carbons (Fsp3) is 0.261. The van der Waals surface area contributed by atoms with Gasteiger partial charge in [-0.2, -0.15) is 0 Å². The highest BCUT2D eigenvalue weighted by molar-refractivity contribution is 6.85. The molecule has 4 heteroatoms. The summed E-state index contributed by atoms with van der Waals surface area (Å²) in [4.78, 5) is 4.81. The lowest BCUT2D eigenvalue weighted by molar-refractivity contribution is 0.782. The lowest BCUT2D eigenvalue weighted by atomic mass is 9.45. The molecule has 0 atom stereocenters. The van der Waals surface area contributed by atoms with E-state index in [9.17, 15) is 0 Å². The summed E-state index contributed by atoms with van der Waals surface area (Å²) in [6.07, 6.45) is 18.2. The van der Waals surface area contributed by atoms with Crippen molar-refractivity contribution in [1.82, 2.24) is 9.62 Å². The Bertz CT molecular complexity index is 1770. The molecule has 0 N–H and O–H groups in total. The van der Waals surface area contributed by atoms with Crippen molar-refractivity contribution in [3.8, 4) is 0 Å². The van der Waals surface area contributed by atoms with Crippen molar-refractivity contribution >= 4 is 35.5 Å². The van der Waals surface area contributed by atoms with Gasteiger partial charge in [-0.25, -0.2) is 0 Å². The van der Waals surface area contributed by atoms with Crippen LogP contribution in [0.5, 0.6) is 0 Å². The van der Waals surface area contributed by atoms with Crippen molar-refractivity contribution in [3.63, 3.8) is 0 Å². The van der Waals surface area contributed by atoms with E-state index < -0.39 is 0 Å². The van der Waals surface area contributed by atoms with Gasteiger partial charge in [-0.05, 0) is 165 Å². The van der Waals surface area contributed by atoms with E-state index in [1.807, 2.05) is 0 Å². The minimum atomic E-state index is 0.0888. The fourth-order valence-electron chi connectivity index (χ4n) is 8.98. The molecule has 0 saturated heterocycles. The standard InChI is InChI=1S/C46H52B2N2/c1-29-21-33(5)43(34(6)22-29)47(44-35(7)23-30(2)24-36(44)8)49-17-13-41(14-18-49)42-15-19-50(20-16-42)48(45-37(9)25-31(3)26-38(45)10)46-39(11)27-32(4)28-40(46)12/h13-28H,1-12H3. The van der Waals surface area contributed by atoms with Crippen molar-refractivity contribution in [1.29, 1.82) is 0 Å². The van der Waals surface area contributed by atoms with E-state index in [-0.39, 0.29) is 13.7 Å². The third kappa shape index (κ3) is 6.73. The smallest absolute Gasteiger partial charge is 0.328 e. The number of hydrogen-bond donors (Lipinski definition) is 0. The molecule has 2 nitrogen and oxygen atoms in total. The zero-order valence-corrected chi connectivity index (χ0v) is 32.3. The molecule has 2 aliphatic heterocycles. The van der Waals surface area contributed by atoms with Gasteiger partial charge in [0.15, 0.2) is 0 Å². The molecule has 0 fully saturated rings. The van der Waals surface area contributed by atoms with E-state index in [1.54, 1.807) is 0 Å². The first-order valence-electron chi connectivity index (χ1n) is 18.1. The van der Waals surface area contributed by atoms with Gasteiger partial charge in [0.2, 0.25) is 0 Å². The highest BCUT2D eigenvalue weighted by atomic mass is 15.0. The first-order valence-corrected chi connectivity index (χ1v) is 18.1. The lowest BCUT2D eigenvalue weighted by Crippen LogP contribution is -2.56. The average molecular weight is 655 g/mol. The maximum atomic E-state index is 2.41. The van der Waals surface area contributed by atoms with Crippen molar-refractivity contribution < 1.29 is 0 Å². The Morgan fingerprint density at radius 2 is 0.480 bits per heavy atom. The van der Waals surface area contributed by atoms with E-state index in [2.05, 4.69) is 190 Å². The summed E-state index contributed by atoms with van der Waals surface area (Å²) in [6, 6.07) is 18.6. The van der Waals surface area contributed by atoms with Gasteiger partial charge in [0.1, 0.15) is 0 Å². The van der Waals surface area contributed by atoms with Gasteiger partial charge in [0.05, 0.1) is 0 Å². The maximum Gasteiger partial charge on any atom is 0.328 e. The molecule has 0 radical (unpaired) electrons. The minimum absolute atomic E-state index is 0.0888. The van der Waals surface area contributed by atoms with Crippen LogP contribution in [0.15, 0.2) is 109 Å². The Balaban J connectivity index is 1.37. The first-order chi connectivity index (χ1) is 23.7. The molecule has 0 unspecified atom stereocenters. The lowest BCUT2D eigenvalue weighted by Gasteiger charge is -2.33. The summed E-state index contributed by atoms with van der Waals surface area (Å²) in [6.45, 7) is 27.1. The Hall–Kier alpha value is -4.69. The van der Waals surface area contributed by atoms with Gasteiger partial charge in [-0.15, -0.1) is 0 Å². The third-order valence-electron chi connectivity index (χ3n) is 10.7. The molecule has 0 bridgehead atoms. The molecule has 2 aliphatic rings.